The standard InChI is InChI=1S/C17H16N2O3S2/c1-18-10-8-13(9-11-18)4-3-5-17-19(2)15-12-14(24(20,21)22)6-7-16(15)23-17/h3-12H,1-2H3/p+1. The average molecular weight is 361 g/mol. The normalized spacial score (nSPS) is 16.1. The van der Waals surface area contributed by atoms with Crippen LogP contribution in [0.5, 0.6) is 0 Å². The maximum atomic E-state index is 11.3. The Hall–Kier alpha value is -2.09. The van der Waals surface area contributed by atoms with E-state index in [4.69, 9.17) is 0 Å². The first kappa shape index (κ1) is 16.8. The summed E-state index contributed by atoms with van der Waals surface area (Å²) >= 11 is 1.56. The van der Waals surface area contributed by atoms with Gasteiger partial charge in [0.1, 0.15) is 7.05 Å². The predicted octanol–water partition coefficient (Wildman–Crippen LogP) is 2.85. The molecule has 1 aliphatic rings. The van der Waals surface area contributed by atoms with E-state index in [1.54, 1.807) is 17.8 Å². The average Bonchev–Trinajstić information content (AvgIpc) is 2.84. The number of aromatic nitrogens is 1. The highest BCUT2D eigenvalue weighted by atomic mass is 32.2. The van der Waals surface area contributed by atoms with Crippen molar-refractivity contribution in [3.05, 3.63) is 65.5 Å². The number of anilines is 1. The Labute approximate surface area is 145 Å². The van der Waals surface area contributed by atoms with Crippen LogP contribution in [0.25, 0.3) is 6.08 Å². The maximum absolute atomic E-state index is 11.3. The molecule has 0 bridgehead atoms. The molecular formula is C17H17N2O3S2+. The van der Waals surface area contributed by atoms with Gasteiger partial charge in [-0.05, 0) is 29.8 Å². The molecule has 2 heterocycles. The van der Waals surface area contributed by atoms with Crippen LogP contribution in [0.1, 0.15) is 5.56 Å². The topological polar surface area (TPSA) is 61.5 Å². The zero-order valence-electron chi connectivity index (χ0n) is 13.2. The third-order valence-corrected chi connectivity index (χ3v) is 5.70. The van der Waals surface area contributed by atoms with E-state index in [1.807, 2.05) is 66.3 Å². The van der Waals surface area contributed by atoms with Crippen LogP contribution in [0.15, 0.2) is 69.7 Å². The number of fused-ring (bicyclic) bond motifs is 1. The molecule has 1 aliphatic heterocycles. The van der Waals surface area contributed by atoms with Gasteiger partial charge in [-0.15, -0.1) is 0 Å². The van der Waals surface area contributed by atoms with E-state index in [-0.39, 0.29) is 4.90 Å². The molecule has 2 aromatic rings. The van der Waals surface area contributed by atoms with Gasteiger partial charge >= 0.3 is 0 Å². The molecule has 1 aromatic carbocycles. The highest BCUT2D eigenvalue weighted by molar-refractivity contribution is 8.03. The van der Waals surface area contributed by atoms with Crippen LogP contribution < -0.4 is 9.47 Å². The number of benzene rings is 1. The van der Waals surface area contributed by atoms with Gasteiger partial charge in [0.15, 0.2) is 12.4 Å². The Bertz CT molecular complexity index is 933. The number of hydrogen-bond acceptors (Lipinski definition) is 4. The van der Waals surface area contributed by atoms with Gasteiger partial charge in [-0.3, -0.25) is 4.55 Å². The molecule has 7 heteroatoms. The van der Waals surface area contributed by atoms with Gasteiger partial charge in [-0.2, -0.15) is 8.42 Å². The summed E-state index contributed by atoms with van der Waals surface area (Å²) in [5.74, 6) is 0. The molecule has 0 amide bonds. The zero-order valence-corrected chi connectivity index (χ0v) is 14.9. The van der Waals surface area contributed by atoms with Crippen LogP contribution in [-0.4, -0.2) is 20.0 Å². The monoisotopic (exact) mass is 361 g/mol. The summed E-state index contributed by atoms with van der Waals surface area (Å²) in [7, 11) is -0.353. The number of aryl methyl sites for hydroxylation is 1. The molecule has 0 saturated heterocycles. The van der Waals surface area contributed by atoms with Gasteiger partial charge in [-0.1, -0.05) is 23.9 Å². The molecule has 1 aromatic heterocycles. The van der Waals surface area contributed by atoms with Crippen molar-refractivity contribution in [3.8, 4) is 0 Å². The summed E-state index contributed by atoms with van der Waals surface area (Å²) in [6.45, 7) is 0. The van der Waals surface area contributed by atoms with Gasteiger partial charge in [0.05, 0.1) is 15.6 Å². The van der Waals surface area contributed by atoms with Gasteiger partial charge < -0.3 is 4.90 Å². The van der Waals surface area contributed by atoms with Crippen molar-refractivity contribution in [1.82, 2.24) is 0 Å². The fraction of sp³-hybridized carbons (Fsp3) is 0.118. The summed E-state index contributed by atoms with van der Waals surface area (Å²) in [5.41, 5.74) is 1.86. The molecule has 0 saturated carbocycles. The van der Waals surface area contributed by atoms with Crippen molar-refractivity contribution < 1.29 is 17.5 Å². The first-order valence-electron chi connectivity index (χ1n) is 7.21. The number of rotatable bonds is 3. The highest BCUT2D eigenvalue weighted by Crippen LogP contribution is 2.45. The van der Waals surface area contributed by atoms with E-state index < -0.39 is 10.1 Å². The number of allylic oxidation sites excluding steroid dienone is 2. The Morgan fingerprint density at radius 1 is 1.21 bits per heavy atom. The fourth-order valence-corrected chi connectivity index (χ4v) is 3.86. The van der Waals surface area contributed by atoms with Gasteiger partial charge in [-0.25, -0.2) is 4.57 Å². The number of pyridine rings is 1. The van der Waals surface area contributed by atoms with Crippen LogP contribution in [0.2, 0.25) is 0 Å². The van der Waals surface area contributed by atoms with Crippen molar-refractivity contribution in [2.45, 2.75) is 9.79 Å². The minimum Gasteiger partial charge on any atom is -0.338 e. The Morgan fingerprint density at radius 2 is 1.92 bits per heavy atom. The van der Waals surface area contributed by atoms with Crippen LogP contribution in [0.4, 0.5) is 5.69 Å². The smallest absolute Gasteiger partial charge is 0.294 e. The third kappa shape index (κ3) is 3.53. The molecule has 0 aliphatic carbocycles. The molecule has 0 unspecified atom stereocenters. The Morgan fingerprint density at radius 3 is 2.58 bits per heavy atom. The summed E-state index contributed by atoms with van der Waals surface area (Å²) in [4.78, 5) is 2.77. The van der Waals surface area contributed by atoms with Crippen molar-refractivity contribution >= 4 is 33.6 Å². The highest BCUT2D eigenvalue weighted by Gasteiger charge is 2.23. The minimum absolute atomic E-state index is 0.0948. The van der Waals surface area contributed by atoms with Crippen LogP contribution in [0, 0.1) is 0 Å². The molecule has 0 fully saturated rings. The van der Waals surface area contributed by atoms with E-state index in [0.717, 1.165) is 21.2 Å². The van der Waals surface area contributed by atoms with Crippen LogP contribution in [0.3, 0.4) is 0 Å². The lowest BCUT2D eigenvalue weighted by molar-refractivity contribution is -0.671. The Balaban J connectivity index is 1.82. The van der Waals surface area contributed by atoms with Crippen molar-refractivity contribution in [3.63, 3.8) is 0 Å². The first-order valence-corrected chi connectivity index (χ1v) is 9.47. The van der Waals surface area contributed by atoms with Gasteiger partial charge in [0.2, 0.25) is 0 Å². The van der Waals surface area contributed by atoms with Gasteiger partial charge in [0, 0.05) is 24.1 Å². The maximum Gasteiger partial charge on any atom is 0.294 e. The number of nitrogens with zero attached hydrogens (tertiary/aromatic N) is 2. The fourth-order valence-electron chi connectivity index (χ4n) is 2.32. The molecule has 3 rings (SSSR count). The predicted molar refractivity (Wildman–Crippen MR) is 95.3 cm³/mol. The summed E-state index contributed by atoms with van der Waals surface area (Å²) < 4.78 is 33.7. The Kier molecular flexibility index (Phi) is 4.49. The molecule has 24 heavy (non-hydrogen) atoms. The SMILES string of the molecule is CN1C(=CC=Cc2cc[n+](C)cc2)Sc2ccc(S(=O)(=O)O)cc21. The quantitative estimate of drug-likeness (QED) is 0.673. The third-order valence-electron chi connectivity index (χ3n) is 3.67. The molecule has 0 spiro atoms. The van der Waals surface area contributed by atoms with Crippen molar-refractivity contribution in [2.24, 2.45) is 7.05 Å². The second-order valence-corrected chi connectivity index (χ2v) is 7.91. The number of hydrogen-bond donors (Lipinski definition) is 1. The molecular weight excluding hydrogens is 344 g/mol. The van der Waals surface area contributed by atoms with E-state index >= 15 is 0 Å². The van der Waals surface area contributed by atoms with E-state index in [9.17, 15) is 13.0 Å². The van der Waals surface area contributed by atoms with E-state index in [0.29, 0.717) is 0 Å². The van der Waals surface area contributed by atoms with Crippen molar-refractivity contribution in [1.29, 1.82) is 0 Å². The van der Waals surface area contributed by atoms with E-state index in [2.05, 4.69) is 0 Å². The molecule has 1 N–H and O–H groups in total. The van der Waals surface area contributed by atoms with Crippen LogP contribution >= 0.6 is 11.8 Å². The second-order valence-electron chi connectivity index (χ2n) is 5.43. The van der Waals surface area contributed by atoms with Gasteiger partial charge in [0.25, 0.3) is 10.1 Å². The minimum atomic E-state index is -4.19. The lowest BCUT2D eigenvalue weighted by Gasteiger charge is -2.13. The molecule has 0 radical (unpaired) electrons. The first-order chi connectivity index (χ1) is 11.3. The van der Waals surface area contributed by atoms with Crippen LogP contribution in [-0.2, 0) is 17.2 Å². The summed E-state index contributed by atoms with van der Waals surface area (Å²) in [6.07, 6.45) is 9.91. The summed E-state index contributed by atoms with van der Waals surface area (Å²) in [5, 5.41) is 0.982. The second kappa shape index (κ2) is 6.43. The lowest BCUT2D eigenvalue weighted by atomic mass is 10.2. The largest absolute Gasteiger partial charge is 0.338 e. The lowest BCUT2D eigenvalue weighted by Crippen LogP contribution is -2.25. The molecule has 0 atom stereocenters. The zero-order chi connectivity index (χ0) is 17.3. The molecule has 124 valence electrons. The molecule has 5 nitrogen and oxygen atoms in total. The van der Waals surface area contributed by atoms with Crippen molar-refractivity contribution in [2.75, 3.05) is 11.9 Å². The summed E-state index contributed by atoms with van der Waals surface area (Å²) in [6, 6.07) is 8.65. The van der Waals surface area contributed by atoms with E-state index in [1.165, 1.54) is 12.1 Å². The number of thioether (sulfide) groups is 1.